The van der Waals surface area contributed by atoms with Gasteiger partial charge in [-0.2, -0.15) is 0 Å². The zero-order valence-electron chi connectivity index (χ0n) is 31.4. The van der Waals surface area contributed by atoms with Crippen LogP contribution in [0.3, 0.4) is 0 Å². The Labute approximate surface area is 388 Å². The molecule has 0 amide bonds. The number of para-hydroxylation sites is 3. The molecule has 0 aliphatic carbocycles. The second-order valence-corrected chi connectivity index (χ2v) is 19.0. The zero-order valence-corrected chi connectivity index (χ0v) is 38.4. The molecule has 7 aromatic rings. The number of thiophene rings is 2. The van der Waals surface area contributed by atoms with Gasteiger partial charge in [-0.3, -0.25) is 9.98 Å². The maximum absolute atomic E-state index is 9.95. The summed E-state index contributed by atoms with van der Waals surface area (Å²) >= 11 is 32.0. The van der Waals surface area contributed by atoms with E-state index in [9.17, 15) is 15.3 Å². The fourth-order valence-corrected chi connectivity index (χ4v) is 9.60. The van der Waals surface area contributed by atoms with Crippen LogP contribution in [-0.4, -0.2) is 40.0 Å². The second kappa shape index (κ2) is 22.5. The molecule has 0 spiro atoms. The third-order valence-corrected chi connectivity index (χ3v) is 13.5. The number of nitrogens with zero attached hydrogens (tertiary/aromatic N) is 2. The van der Waals surface area contributed by atoms with Gasteiger partial charge in [0.2, 0.25) is 0 Å². The van der Waals surface area contributed by atoms with Crippen molar-refractivity contribution in [1.29, 1.82) is 0 Å². The summed E-state index contributed by atoms with van der Waals surface area (Å²) in [4.78, 5) is 11.1. The van der Waals surface area contributed by atoms with Gasteiger partial charge in [0.25, 0.3) is 0 Å². The Morgan fingerprint density at radius 3 is 1.73 bits per heavy atom. The van der Waals surface area contributed by atoms with Gasteiger partial charge >= 0.3 is 0 Å². The van der Waals surface area contributed by atoms with Crippen molar-refractivity contribution < 1.29 is 15.3 Å². The maximum atomic E-state index is 9.95. The average molecular weight is 1000 g/mol. The highest BCUT2D eigenvalue weighted by molar-refractivity contribution is 9.11. The summed E-state index contributed by atoms with van der Waals surface area (Å²) in [6, 6.07) is 39.6. The Hall–Kier alpha value is -4.37. The van der Waals surface area contributed by atoms with Gasteiger partial charge in [-0.25, -0.2) is 0 Å². The first kappa shape index (κ1) is 45.2. The van der Waals surface area contributed by atoms with Crippen LogP contribution in [0.2, 0.25) is 20.1 Å². The van der Waals surface area contributed by atoms with Crippen LogP contribution in [0.25, 0.3) is 0 Å². The molecular weight excluding hydrogens is 964 g/mol. The van der Waals surface area contributed by atoms with E-state index in [2.05, 4.69) is 53.3 Å². The van der Waals surface area contributed by atoms with Crippen molar-refractivity contribution in [2.24, 2.45) is 9.98 Å². The molecule has 0 saturated carbocycles. The van der Waals surface area contributed by atoms with Crippen molar-refractivity contribution in [2.75, 3.05) is 29.2 Å². The number of phenols is 3. The molecule has 0 bridgehead atoms. The fraction of sp³-hybridized carbons (Fsp3) is 0.0909. The summed E-state index contributed by atoms with van der Waals surface area (Å²) in [5.41, 5.74) is 5.86. The number of aliphatic imine (C=N–C) groups is 2. The van der Waals surface area contributed by atoms with E-state index < -0.39 is 0 Å². The third kappa shape index (κ3) is 12.8. The van der Waals surface area contributed by atoms with Crippen molar-refractivity contribution in [1.82, 2.24) is 0 Å². The molecule has 0 radical (unpaired) electrons. The normalized spacial score (nSPS) is 11.7. The Balaban J connectivity index is 0.000000153. The summed E-state index contributed by atoms with van der Waals surface area (Å²) in [5.74, 6) is 0.229. The lowest BCUT2D eigenvalue weighted by Gasteiger charge is -2.10. The van der Waals surface area contributed by atoms with Crippen molar-refractivity contribution in [3.05, 3.63) is 173 Å². The molecule has 8 rings (SSSR count). The Bertz CT molecular complexity index is 2570. The number of hydrogen-bond donors (Lipinski definition) is 6. The van der Waals surface area contributed by atoms with E-state index in [0.717, 1.165) is 30.7 Å². The van der Waals surface area contributed by atoms with Crippen molar-refractivity contribution in [3.8, 4) is 17.2 Å². The van der Waals surface area contributed by atoms with E-state index in [0.29, 0.717) is 58.4 Å². The Morgan fingerprint density at radius 2 is 1.17 bits per heavy atom. The molecule has 2 aromatic heterocycles. The van der Waals surface area contributed by atoms with Gasteiger partial charge < -0.3 is 31.3 Å². The van der Waals surface area contributed by atoms with Crippen LogP contribution in [0.1, 0.15) is 16.0 Å². The summed E-state index contributed by atoms with van der Waals surface area (Å²) in [5, 5.41) is 42.9. The molecule has 5 aromatic carbocycles. The minimum Gasteiger partial charge on any atom is -0.504 e. The molecule has 60 heavy (non-hydrogen) atoms. The molecule has 1 aliphatic heterocycles. The van der Waals surface area contributed by atoms with Crippen molar-refractivity contribution in [3.63, 3.8) is 0 Å². The molecule has 8 nitrogen and oxygen atoms in total. The van der Waals surface area contributed by atoms with Crippen LogP contribution in [0, 0.1) is 0 Å². The van der Waals surface area contributed by atoms with Crippen molar-refractivity contribution >= 4 is 125 Å². The highest BCUT2D eigenvalue weighted by Crippen LogP contribution is 2.37. The number of benzene rings is 5. The molecule has 6 N–H and O–H groups in total. The van der Waals surface area contributed by atoms with E-state index >= 15 is 0 Å². The maximum Gasteiger partial charge on any atom is 0.157 e. The van der Waals surface area contributed by atoms with E-state index in [-0.39, 0.29) is 17.2 Å². The highest BCUT2D eigenvalue weighted by Gasteiger charge is 2.16. The monoisotopic (exact) mass is 997 g/mol. The number of nitrogens with one attached hydrogen (secondary N) is 3. The molecular formula is C44H36BrCl4N5O3S3. The van der Waals surface area contributed by atoms with E-state index in [1.54, 1.807) is 89.0 Å². The van der Waals surface area contributed by atoms with Gasteiger partial charge in [0.15, 0.2) is 17.2 Å². The standard InChI is InChI=1S/C17H13Cl2NOS2.C16H14ClN3O.C11H9BrClNOS/c18-12-4-6-13(7-5-12)23-17-11(8-9-22-17)10-20-15-3-1-2-14(19)16(15)21;17-12-7-4-8-13(16(12)21)18-9-14-15(20-10-19-14)11-5-2-1-3-6-11;12-10-5-4-7(16-10)6-14-9-3-1-2-8(13)11(9)15/h1-9,20-21H,10H2;1-8,18,21H,9-10H2;1-5,14-15H,6H2. The molecule has 1 aliphatic rings. The SMILES string of the molecule is Oc1c(Cl)cccc1NCC1=NCN=C1c1ccccc1.Oc1c(Cl)cccc1NCc1ccc(Br)s1.Oc1c(Cl)cccc1NCc1ccsc1Sc1ccc(Cl)cc1. The van der Waals surface area contributed by atoms with Gasteiger partial charge in [0.05, 0.1) is 58.1 Å². The first-order valence-corrected chi connectivity index (χ1v) is 22.9. The van der Waals surface area contributed by atoms with Crippen LogP contribution in [-0.2, 0) is 13.1 Å². The van der Waals surface area contributed by atoms with Gasteiger partial charge in [0.1, 0.15) is 6.67 Å². The molecule has 0 saturated heterocycles. The first-order valence-electron chi connectivity index (χ1n) is 18.1. The topological polar surface area (TPSA) is 122 Å². The largest absolute Gasteiger partial charge is 0.504 e. The zero-order chi connectivity index (χ0) is 42.4. The van der Waals surface area contributed by atoms with Crippen LogP contribution >= 0.6 is 96.8 Å². The predicted octanol–water partition coefficient (Wildman–Crippen LogP) is 14.4. The van der Waals surface area contributed by atoms with Crippen LogP contribution in [0.4, 0.5) is 17.1 Å². The van der Waals surface area contributed by atoms with Crippen LogP contribution < -0.4 is 16.0 Å². The summed E-state index contributed by atoms with van der Waals surface area (Å²) in [6.45, 7) is 2.22. The number of halogens is 5. The second-order valence-electron chi connectivity index (χ2n) is 12.6. The van der Waals surface area contributed by atoms with Crippen LogP contribution in [0.15, 0.2) is 156 Å². The number of anilines is 3. The fourth-order valence-electron chi connectivity index (χ4n) is 5.48. The Morgan fingerprint density at radius 1 is 0.600 bits per heavy atom. The van der Waals surface area contributed by atoms with Gasteiger partial charge in [-0.15, -0.1) is 22.7 Å². The number of hydrogen-bond acceptors (Lipinski definition) is 11. The van der Waals surface area contributed by atoms with Gasteiger partial charge in [0, 0.05) is 33.4 Å². The molecule has 16 heteroatoms. The van der Waals surface area contributed by atoms with E-state index in [1.807, 2.05) is 66.7 Å². The predicted molar refractivity (Wildman–Crippen MR) is 260 cm³/mol. The Kier molecular flexibility index (Phi) is 16.9. The highest BCUT2D eigenvalue weighted by atomic mass is 79.9. The number of phenolic OH excluding ortho intramolecular Hbond substituents is 3. The molecule has 0 fully saturated rings. The summed E-state index contributed by atoms with van der Waals surface area (Å²) in [7, 11) is 0. The third-order valence-electron chi connectivity index (χ3n) is 8.50. The molecule has 308 valence electrons. The summed E-state index contributed by atoms with van der Waals surface area (Å²) in [6.07, 6.45) is 0. The minimum atomic E-state index is 0.0518. The lowest BCUT2D eigenvalue weighted by atomic mass is 10.1. The lowest BCUT2D eigenvalue weighted by molar-refractivity contribution is 0.477. The number of aromatic hydroxyl groups is 3. The first-order chi connectivity index (χ1) is 29.0. The molecule has 0 atom stereocenters. The summed E-state index contributed by atoms with van der Waals surface area (Å²) < 4.78 is 2.31. The minimum absolute atomic E-state index is 0.0518. The van der Waals surface area contributed by atoms with E-state index in [1.165, 1.54) is 14.6 Å². The lowest BCUT2D eigenvalue weighted by Crippen LogP contribution is -2.22. The van der Waals surface area contributed by atoms with Crippen LogP contribution in [0.5, 0.6) is 17.2 Å². The van der Waals surface area contributed by atoms with Crippen molar-refractivity contribution in [2.45, 2.75) is 22.2 Å². The van der Waals surface area contributed by atoms with Gasteiger partial charge in [-0.05, 0) is 106 Å². The smallest absolute Gasteiger partial charge is 0.157 e. The number of rotatable bonds is 12. The average Bonchev–Trinajstić information content (AvgIpc) is 4.03. The van der Waals surface area contributed by atoms with E-state index in [4.69, 9.17) is 46.4 Å². The molecule has 0 unspecified atom stereocenters. The molecule has 3 heterocycles. The van der Waals surface area contributed by atoms with Gasteiger partial charge in [-0.1, -0.05) is 107 Å². The quantitative estimate of drug-likeness (QED) is 0.0674.